The molecular formula is C20H18ClNO2. The molecule has 0 spiro atoms. The molecule has 1 unspecified atom stereocenters. The molecule has 0 fully saturated rings. The Hall–Kier alpha value is -2.36. The van der Waals surface area contributed by atoms with Crippen LogP contribution in [-0.2, 0) is 11.2 Å². The zero-order chi connectivity index (χ0) is 16.9. The Morgan fingerprint density at radius 3 is 2.58 bits per heavy atom. The third-order valence-corrected chi connectivity index (χ3v) is 4.14. The molecule has 1 atom stereocenters. The lowest BCUT2D eigenvalue weighted by Crippen LogP contribution is -2.29. The largest absolute Gasteiger partial charge is 0.387 e. The number of carbonyl (C=O) groups is 1. The second-order valence-corrected chi connectivity index (χ2v) is 6.17. The van der Waals surface area contributed by atoms with E-state index >= 15 is 0 Å². The van der Waals surface area contributed by atoms with Crippen LogP contribution in [0.1, 0.15) is 17.2 Å². The lowest BCUT2D eigenvalue weighted by atomic mass is 10.0. The van der Waals surface area contributed by atoms with Gasteiger partial charge in [-0.25, -0.2) is 0 Å². The van der Waals surface area contributed by atoms with Crippen molar-refractivity contribution in [3.8, 4) is 0 Å². The average Bonchev–Trinajstić information content (AvgIpc) is 2.59. The first-order valence-electron chi connectivity index (χ1n) is 7.80. The first kappa shape index (κ1) is 16.5. The maximum Gasteiger partial charge on any atom is 0.224 e. The Kier molecular flexibility index (Phi) is 5.14. The summed E-state index contributed by atoms with van der Waals surface area (Å²) < 4.78 is 0. The van der Waals surface area contributed by atoms with E-state index in [1.165, 1.54) is 0 Å². The molecule has 0 aliphatic rings. The Balaban J connectivity index is 1.59. The quantitative estimate of drug-likeness (QED) is 0.741. The van der Waals surface area contributed by atoms with Crippen LogP contribution < -0.4 is 5.32 Å². The van der Waals surface area contributed by atoms with Gasteiger partial charge in [0.15, 0.2) is 0 Å². The number of carbonyl (C=O) groups excluding carboxylic acids is 1. The topological polar surface area (TPSA) is 49.3 Å². The van der Waals surface area contributed by atoms with Crippen molar-refractivity contribution in [1.82, 2.24) is 5.32 Å². The molecule has 0 saturated heterocycles. The van der Waals surface area contributed by atoms with Gasteiger partial charge in [-0.15, -0.1) is 0 Å². The van der Waals surface area contributed by atoms with Crippen molar-refractivity contribution in [2.45, 2.75) is 12.5 Å². The van der Waals surface area contributed by atoms with Crippen molar-refractivity contribution in [2.75, 3.05) is 6.54 Å². The summed E-state index contributed by atoms with van der Waals surface area (Å²) in [6.45, 7) is 0.178. The monoisotopic (exact) mass is 339 g/mol. The fourth-order valence-corrected chi connectivity index (χ4v) is 2.85. The summed E-state index contributed by atoms with van der Waals surface area (Å²) in [5.74, 6) is -0.142. The predicted octanol–water partition coefficient (Wildman–Crippen LogP) is 3.89. The summed E-state index contributed by atoms with van der Waals surface area (Å²) in [5.41, 5.74) is 1.64. The highest BCUT2D eigenvalue weighted by molar-refractivity contribution is 6.30. The predicted molar refractivity (Wildman–Crippen MR) is 97.1 cm³/mol. The van der Waals surface area contributed by atoms with Gasteiger partial charge in [0.25, 0.3) is 0 Å². The van der Waals surface area contributed by atoms with Crippen LogP contribution in [-0.4, -0.2) is 17.6 Å². The lowest BCUT2D eigenvalue weighted by molar-refractivity contribution is -0.120. The molecule has 3 rings (SSSR count). The van der Waals surface area contributed by atoms with Crippen LogP contribution >= 0.6 is 11.6 Å². The van der Waals surface area contributed by atoms with Crippen LogP contribution in [0.5, 0.6) is 0 Å². The number of amides is 1. The highest BCUT2D eigenvalue weighted by Crippen LogP contribution is 2.20. The van der Waals surface area contributed by atoms with E-state index < -0.39 is 6.10 Å². The SMILES string of the molecule is O=C(Cc1cccc(Cl)c1)NCC(O)c1ccc2ccccc2c1. The van der Waals surface area contributed by atoms with E-state index in [0.29, 0.717) is 5.02 Å². The number of aliphatic hydroxyl groups excluding tert-OH is 1. The summed E-state index contributed by atoms with van der Waals surface area (Å²) in [5, 5.41) is 15.9. The van der Waals surface area contributed by atoms with Crippen molar-refractivity contribution < 1.29 is 9.90 Å². The summed E-state index contributed by atoms with van der Waals surface area (Å²) in [6, 6.07) is 21.0. The third kappa shape index (κ3) is 4.13. The van der Waals surface area contributed by atoms with Crippen molar-refractivity contribution in [2.24, 2.45) is 0 Å². The molecular weight excluding hydrogens is 322 g/mol. The molecule has 0 aliphatic heterocycles. The molecule has 0 bridgehead atoms. The van der Waals surface area contributed by atoms with E-state index in [1.54, 1.807) is 12.1 Å². The summed E-state index contributed by atoms with van der Waals surface area (Å²) in [7, 11) is 0. The van der Waals surface area contributed by atoms with Gasteiger partial charge in [-0.05, 0) is 40.1 Å². The van der Waals surface area contributed by atoms with Crippen LogP contribution in [0.25, 0.3) is 10.8 Å². The van der Waals surface area contributed by atoms with E-state index in [0.717, 1.165) is 21.9 Å². The van der Waals surface area contributed by atoms with Gasteiger partial charge in [0, 0.05) is 11.6 Å². The first-order valence-corrected chi connectivity index (χ1v) is 8.17. The van der Waals surface area contributed by atoms with Crippen molar-refractivity contribution in [3.05, 3.63) is 82.9 Å². The molecule has 2 N–H and O–H groups in total. The van der Waals surface area contributed by atoms with Crippen LogP contribution in [0.3, 0.4) is 0 Å². The molecule has 4 heteroatoms. The fraction of sp³-hybridized carbons (Fsp3) is 0.150. The Bertz CT molecular complexity index is 863. The third-order valence-electron chi connectivity index (χ3n) is 3.90. The van der Waals surface area contributed by atoms with Crippen LogP contribution in [0.2, 0.25) is 5.02 Å². The molecule has 3 aromatic carbocycles. The van der Waals surface area contributed by atoms with Gasteiger partial charge in [-0.3, -0.25) is 4.79 Å². The number of hydrogen-bond acceptors (Lipinski definition) is 2. The molecule has 1 amide bonds. The smallest absolute Gasteiger partial charge is 0.224 e. The number of halogens is 1. The minimum Gasteiger partial charge on any atom is -0.387 e. The molecule has 122 valence electrons. The van der Waals surface area contributed by atoms with Gasteiger partial charge < -0.3 is 10.4 Å². The molecule has 0 heterocycles. The summed E-state index contributed by atoms with van der Waals surface area (Å²) in [4.78, 5) is 12.0. The standard InChI is InChI=1S/C20H18ClNO2/c21-18-7-3-4-14(10-18)11-20(24)22-13-19(23)17-9-8-15-5-1-2-6-16(15)12-17/h1-10,12,19,23H,11,13H2,(H,22,24). The minimum atomic E-state index is -0.738. The summed E-state index contributed by atoms with van der Waals surface area (Å²) >= 11 is 5.91. The second-order valence-electron chi connectivity index (χ2n) is 5.73. The summed E-state index contributed by atoms with van der Waals surface area (Å²) in [6.07, 6.45) is -0.497. The van der Waals surface area contributed by atoms with Gasteiger partial charge in [0.05, 0.1) is 12.5 Å². The van der Waals surface area contributed by atoms with Crippen LogP contribution in [0.15, 0.2) is 66.7 Å². The number of benzene rings is 3. The molecule has 24 heavy (non-hydrogen) atoms. The molecule has 0 radical (unpaired) electrons. The molecule has 3 aromatic rings. The van der Waals surface area contributed by atoms with Gasteiger partial charge in [-0.2, -0.15) is 0 Å². The van der Waals surface area contributed by atoms with Gasteiger partial charge >= 0.3 is 0 Å². The Labute approximate surface area is 145 Å². The molecule has 3 nitrogen and oxygen atoms in total. The minimum absolute atomic E-state index is 0.142. The number of rotatable bonds is 5. The van der Waals surface area contributed by atoms with E-state index in [2.05, 4.69) is 5.32 Å². The highest BCUT2D eigenvalue weighted by Gasteiger charge is 2.10. The highest BCUT2D eigenvalue weighted by atomic mass is 35.5. The average molecular weight is 340 g/mol. The second kappa shape index (κ2) is 7.47. The Morgan fingerprint density at radius 1 is 1.00 bits per heavy atom. The Morgan fingerprint density at radius 2 is 1.79 bits per heavy atom. The first-order chi connectivity index (χ1) is 11.6. The lowest BCUT2D eigenvalue weighted by Gasteiger charge is -2.13. The number of nitrogens with one attached hydrogen (secondary N) is 1. The molecule has 0 saturated carbocycles. The fourth-order valence-electron chi connectivity index (χ4n) is 2.64. The van der Waals surface area contributed by atoms with Gasteiger partial charge in [0.2, 0.25) is 5.91 Å². The van der Waals surface area contributed by atoms with Crippen LogP contribution in [0.4, 0.5) is 0 Å². The van der Waals surface area contributed by atoms with Crippen molar-refractivity contribution in [1.29, 1.82) is 0 Å². The van der Waals surface area contributed by atoms with E-state index in [9.17, 15) is 9.90 Å². The van der Waals surface area contributed by atoms with Gasteiger partial charge in [-0.1, -0.05) is 60.1 Å². The number of aliphatic hydroxyl groups is 1. The van der Waals surface area contributed by atoms with E-state index in [-0.39, 0.29) is 18.9 Å². The number of hydrogen-bond donors (Lipinski definition) is 2. The zero-order valence-corrected chi connectivity index (χ0v) is 13.8. The van der Waals surface area contributed by atoms with E-state index in [1.807, 2.05) is 54.6 Å². The molecule has 0 aliphatic carbocycles. The zero-order valence-electron chi connectivity index (χ0n) is 13.1. The van der Waals surface area contributed by atoms with Crippen molar-refractivity contribution in [3.63, 3.8) is 0 Å². The van der Waals surface area contributed by atoms with Crippen molar-refractivity contribution >= 4 is 28.3 Å². The normalized spacial score (nSPS) is 12.1. The maximum atomic E-state index is 12.0. The number of fused-ring (bicyclic) bond motifs is 1. The van der Waals surface area contributed by atoms with Gasteiger partial charge in [0.1, 0.15) is 0 Å². The van der Waals surface area contributed by atoms with E-state index in [4.69, 9.17) is 11.6 Å². The van der Waals surface area contributed by atoms with Crippen LogP contribution in [0, 0.1) is 0 Å². The maximum absolute atomic E-state index is 12.0. The molecule has 0 aromatic heterocycles.